The summed E-state index contributed by atoms with van der Waals surface area (Å²) in [6.07, 6.45) is 1.51. The minimum atomic E-state index is -0.123. The van der Waals surface area contributed by atoms with Crippen molar-refractivity contribution in [2.45, 2.75) is 39.7 Å². The Labute approximate surface area is 166 Å². The highest BCUT2D eigenvalue weighted by molar-refractivity contribution is 5.94. The van der Waals surface area contributed by atoms with Gasteiger partial charge in [0.2, 0.25) is 0 Å². The van der Waals surface area contributed by atoms with E-state index in [4.69, 9.17) is 4.74 Å². The molecule has 28 heavy (non-hydrogen) atoms. The van der Waals surface area contributed by atoms with Gasteiger partial charge in [-0.15, -0.1) is 0 Å². The maximum absolute atomic E-state index is 12.6. The molecule has 148 valence electrons. The van der Waals surface area contributed by atoms with E-state index < -0.39 is 0 Å². The lowest BCUT2D eigenvalue weighted by molar-refractivity contribution is -0.124. The number of rotatable bonds is 5. The summed E-state index contributed by atoms with van der Waals surface area (Å²) in [5, 5.41) is 3.02. The van der Waals surface area contributed by atoms with E-state index in [0.29, 0.717) is 18.8 Å². The van der Waals surface area contributed by atoms with E-state index in [-0.39, 0.29) is 24.5 Å². The van der Waals surface area contributed by atoms with E-state index in [1.54, 1.807) is 0 Å². The number of nitrogens with one attached hydrogen (secondary N) is 1. The molecule has 0 unspecified atom stereocenters. The third kappa shape index (κ3) is 5.12. The number of piperidine rings is 1. The Kier molecular flexibility index (Phi) is 6.34. The molecule has 2 aromatic carbocycles. The zero-order valence-electron chi connectivity index (χ0n) is 16.8. The van der Waals surface area contributed by atoms with Gasteiger partial charge in [-0.1, -0.05) is 23.8 Å². The van der Waals surface area contributed by atoms with Crippen molar-refractivity contribution < 1.29 is 14.3 Å². The molecule has 0 atom stereocenters. The van der Waals surface area contributed by atoms with Crippen LogP contribution in [0.15, 0.2) is 42.5 Å². The van der Waals surface area contributed by atoms with Gasteiger partial charge in [0.25, 0.3) is 11.8 Å². The molecule has 1 saturated heterocycles. The molecular weight excluding hydrogens is 352 g/mol. The zero-order chi connectivity index (χ0) is 20.1. The third-order valence-electron chi connectivity index (χ3n) is 5.26. The summed E-state index contributed by atoms with van der Waals surface area (Å²) in [5.74, 6) is 0.644. The number of amides is 2. The fraction of sp³-hybridized carbons (Fsp3) is 0.391. The first kappa shape index (κ1) is 19.9. The van der Waals surface area contributed by atoms with Gasteiger partial charge in [-0.2, -0.15) is 0 Å². The maximum Gasteiger partial charge on any atom is 0.258 e. The summed E-state index contributed by atoms with van der Waals surface area (Å²) in [7, 11) is 0. The third-order valence-corrected chi connectivity index (χ3v) is 5.26. The van der Waals surface area contributed by atoms with Crippen LogP contribution >= 0.6 is 0 Å². The number of benzene rings is 2. The fourth-order valence-corrected chi connectivity index (χ4v) is 3.41. The van der Waals surface area contributed by atoms with E-state index in [9.17, 15) is 9.59 Å². The highest BCUT2D eigenvalue weighted by Gasteiger charge is 2.24. The quantitative estimate of drug-likeness (QED) is 0.865. The molecule has 5 heteroatoms. The predicted octanol–water partition coefficient (Wildman–Crippen LogP) is 3.41. The summed E-state index contributed by atoms with van der Waals surface area (Å²) in [5.41, 5.74) is 4.15. The zero-order valence-corrected chi connectivity index (χ0v) is 16.8. The van der Waals surface area contributed by atoms with Crippen LogP contribution in [0.2, 0.25) is 0 Å². The minimum absolute atomic E-state index is 0.00490. The topological polar surface area (TPSA) is 58.6 Å². The Morgan fingerprint density at radius 2 is 1.79 bits per heavy atom. The Bertz CT molecular complexity index is 855. The summed E-state index contributed by atoms with van der Waals surface area (Å²) in [6, 6.07) is 13.6. The Hall–Kier alpha value is -2.82. The second kappa shape index (κ2) is 8.91. The molecule has 1 N–H and O–H groups in total. The summed E-state index contributed by atoms with van der Waals surface area (Å²) in [6.45, 7) is 7.35. The first-order valence-electron chi connectivity index (χ1n) is 9.78. The molecular formula is C23H28N2O3. The van der Waals surface area contributed by atoms with Gasteiger partial charge in [-0.05, 0) is 69.0 Å². The number of hydrogen-bond donors (Lipinski definition) is 1. The fourth-order valence-electron chi connectivity index (χ4n) is 3.41. The van der Waals surface area contributed by atoms with Gasteiger partial charge in [0.15, 0.2) is 6.61 Å². The second-order valence-electron chi connectivity index (χ2n) is 7.54. The van der Waals surface area contributed by atoms with E-state index in [0.717, 1.165) is 29.5 Å². The van der Waals surface area contributed by atoms with Crippen LogP contribution in [0.1, 0.15) is 39.9 Å². The normalized spacial score (nSPS) is 14.6. The number of ether oxygens (including phenoxy) is 1. The molecule has 0 aromatic heterocycles. The van der Waals surface area contributed by atoms with Crippen molar-refractivity contribution in [1.82, 2.24) is 10.2 Å². The summed E-state index contributed by atoms with van der Waals surface area (Å²) < 4.78 is 5.60. The van der Waals surface area contributed by atoms with E-state index >= 15 is 0 Å². The number of carbonyl (C=O) groups is 2. The molecule has 0 aliphatic carbocycles. The van der Waals surface area contributed by atoms with Gasteiger partial charge in [0, 0.05) is 24.7 Å². The highest BCUT2D eigenvalue weighted by Crippen LogP contribution is 2.17. The molecule has 2 amide bonds. The van der Waals surface area contributed by atoms with Crippen LogP contribution < -0.4 is 10.1 Å². The van der Waals surface area contributed by atoms with Crippen molar-refractivity contribution in [2.24, 2.45) is 0 Å². The van der Waals surface area contributed by atoms with Gasteiger partial charge in [0.05, 0.1) is 0 Å². The highest BCUT2D eigenvalue weighted by atomic mass is 16.5. The molecule has 1 fully saturated rings. The number of nitrogens with zero attached hydrogens (tertiary/aromatic N) is 1. The van der Waals surface area contributed by atoms with Gasteiger partial charge in [-0.3, -0.25) is 9.59 Å². The maximum atomic E-state index is 12.6. The van der Waals surface area contributed by atoms with Gasteiger partial charge in [0.1, 0.15) is 5.75 Å². The van der Waals surface area contributed by atoms with Crippen LogP contribution in [0.5, 0.6) is 5.75 Å². The number of likely N-dealkylation sites (tertiary alicyclic amines) is 1. The average molecular weight is 380 g/mol. The lowest BCUT2D eigenvalue weighted by atomic mass is 10.0. The molecule has 2 aromatic rings. The average Bonchev–Trinajstić information content (AvgIpc) is 2.69. The van der Waals surface area contributed by atoms with Crippen molar-refractivity contribution in [2.75, 3.05) is 19.7 Å². The van der Waals surface area contributed by atoms with Gasteiger partial charge < -0.3 is 15.0 Å². The van der Waals surface area contributed by atoms with Crippen molar-refractivity contribution in [1.29, 1.82) is 0 Å². The Morgan fingerprint density at radius 3 is 2.46 bits per heavy atom. The Balaban J connectivity index is 1.44. The number of carbonyl (C=O) groups excluding carboxylic acids is 2. The van der Waals surface area contributed by atoms with Crippen LogP contribution in [0.3, 0.4) is 0 Å². The standard InChI is InChI=1S/C23H28N2O3/c1-16-5-4-6-19(13-16)23(27)25-11-9-20(10-12-25)24-22(26)15-28-21-8-7-17(2)18(3)14-21/h4-8,13-14,20H,9-12,15H2,1-3H3,(H,24,26). The molecule has 1 heterocycles. The lowest BCUT2D eigenvalue weighted by Gasteiger charge is -2.32. The van der Waals surface area contributed by atoms with E-state index in [1.165, 1.54) is 5.56 Å². The molecule has 1 aliphatic rings. The van der Waals surface area contributed by atoms with Crippen molar-refractivity contribution in [3.8, 4) is 5.75 Å². The van der Waals surface area contributed by atoms with Crippen molar-refractivity contribution in [3.63, 3.8) is 0 Å². The smallest absolute Gasteiger partial charge is 0.258 e. The van der Waals surface area contributed by atoms with Crippen LogP contribution in [0.4, 0.5) is 0 Å². The second-order valence-corrected chi connectivity index (χ2v) is 7.54. The van der Waals surface area contributed by atoms with Crippen LogP contribution in [-0.2, 0) is 4.79 Å². The molecule has 0 radical (unpaired) electrons. The summed E-state index contributed by atoms with van der Waals surface area (Å²) >= 11 is 0. The minimum Gasteiger partial charge on any atom is -0.484 e. The molecule has 1 aliphatic heterocycles. The Morgan fingerprint density at radius 1 is 1.04 bits per heavy atom. The predicted molar refractivity (Wildman–Crippen MR) is 110 cm³/mol. The molecule has 0 bridgehead atoms. The summed E-state index contributed by atoms with van der Waals surface area (Å²) in [4.78, 5) is 26.7. The molecule has 0 saturated carbocycles. The van der Waals surface area contributed by atoms with Gasteiger partial charge >= 0.3 is 0 Å². The molecule has 3 rings (SSSR count). The van der Waals surface area contributed by atoms with Gasteiger partial charge in [-0.25, -0.2) is 0 Å². The lowest BCUT2D eigenvalue weighted by Crippen LogP contribution is -2.47. The van der Waals surface area contributed by atoms with E-state index in [1.807, 2.05) is 68.1 Å². The first-order chi connectivity index (χ1) is 13.4. The SMILES string of the molecule is Cc1cccc(C(=O)N2CCC(NC(=O)COc3ccc(C)c(C)c3)CC2)c1. The van der Waals surface area contributed by atoms with E-state index in [2.05, 4.69) is 5.32 Å². The van der Waals surface area contributed by atoms with Crippen molar-refractivity contribution in [3.05, 3.63) is 64.7 Å². The number of aryl methyl sites for hydroxylation is 3. The first-order valence-corrected chi connectivity index (χ1v) is 9.78. The monoisotopic (exact) mass is 380 g/mol. The largest absolute Gasteiger partial charge is 0.484 e. The van der Waals surface area contributed by atoms with Crippen LogP contribution in [0.25, 0.3) is 0 Å². The van der Waals surface area contributed by atoms with Crippen LogP contribution in [0, 0.1) is 20.8 Å². The molecule has 5 nitrogen and oxygen atoms in total. The molecule has 0 spiro atoms. The van der Waals surface area contributed by atoms with Crippen molar-refractivity contribution >= 4 is 11.8 Å². The van der Waals surface area contributed by atoms with Crippen LogP contribution in [-0.4, -0.2) is 42.5 Å². The number of hydrogen-bond acceptors (Lipinski definition) is 3.